The highest BCUT2D eigenvalue weighted by Crippen LogP contribution is 2.23. The van der Waals surface area contributed by atoms with Gasteiger partial charge < -0.3 is 15.1 Å². The lowest BCUT2D eigenvalue weighted by molar-refractivity contribution is -0.918. The van der Waals surface area contributed by atoms with Crippen molar-refractivity contribution in [1.82, 2.24) is 10.2 Å². The molecule has 2 rings (SSSR count). The molecule has 120 valence electrons. The second-order valence-electron chi connectivity index (χ2n) is 6.76. The van der Waals surface area contributed by atoms with Crippen molar-refractivity contribution in [2.45, 2.75) is 58.5 Å². The van der Waals surface area contributed by atoms with Crippen LogP contribution in [0.1, 0.15) is 46.5 Å². The Labute approximate surface area is 128 Å². The van der Waals surface area contributed by atoms with E-state index in [9.17, 15) is 9.59 Å². The molecule has 3 atom stereocenters. The van der Waals surface area contributed by atoms with Crippen LogP contribution in [-0.4, -0.2) is 55.0 Å². The Hall–Kier alpha value is -1.10. The first kappa shape index (κ1) is 16.3. The number of nitrogens with zero attached hydrogens (tertiary/aromatic N) is 1. The average Bonchev–Trinajstić information content (AvgIpc) is 2.49. The topological polar surface area (TPSA) is 53.9 Å². The molecule has 0 radical (unpaired) electrons. The largest absolute Gasteiger partial charge is 0.348 e. The van der Waals surface area contributed by atoms with Crippen LogP contribution >= 0.6 is 0 Å². The minimum atomic E-state index is -0.0202. The molecule has 0 unspecified atom stereocenters. The molecule has 0 spiro atoms. The molecule has 2 amide bonds. The molecular formula is C16H30N3O2+. The number of amides is 2. The molecular weight excluding hydrogens is 266 g/mol. The minimum Gasteiger partial charge on any atom is -0.348 e. The van der Waals surface area contributed by atoms with Crippen molar-refractivity contribution < 1.29 is 14.5 Å². The molecule has 1 heterocycles. The van der Waals surface area contributed by atoms with Gasteiger partial charge in [0, 0.05) is 13.0 Å². The van der Waals surface area contributed by atoms with Crippen molar-refractivity contribution in [3.8, 4) is 0 Å². The summed E-state index contributed by atoms with van der Waals surface area (Å²) in [6.07, 6.45) is 4.87. The van der Waals surface area contributed by atoms with Crippen LogP contribution in [0.4, 0.5) is 0 Å². The smallest absolute Gasteiger partial charge is 0.278 e. The second-order valence-corrected chi connectivity index (χ2v) is 6.76. The van der Waals surface area contributed by atoms with Crippen molar-refractivity contribution in [3.05, 3.63) is 0 Å². The monoisotopic (exact) mass is 296 g/mol. The molecule has 21 heavy (non-hydrogen) atoms. The lowest BCUT2D eigenvalue weighted by atomic mass is 9.86. The first-order valence-corrected chi connectivity index (χ1v) is 8.39. The average molecular weight is 296 g/mol. The second kappa shape index (κ2) is 7.25. The van der Waals surface area contributed by atoms with Gasteiger partial charge in [-0.15, -0.1) is 0 Å². The number of piperazine rings is 1. The predicted molar refractivity (Wildman–Crippen MR) is 82.0 cm³/mol. The molecule has 0 aromatic carbocycles. The number of carbonyl (C=O) groups excluding carboxylic acids is 2. The minimum absolute atomic E-state index is 0.0202. The Morgan fingerprint density at radius 3 is 2.38 bits per heavy atom. The van der Waals surface area contributed by atoms with E-state index in [0.717, 1.165) is 32.6 Å². The fourth-order valence-corrected chi connectivity index (χ4v) is 3.57. The lowest BCUT2D eigenvalue weighted by Crippen LogP contribution is -3.19. The fraction of sp³-hybridized carbons (Fsp3) is 0.875. The van der Waals surface area contributed by atoms with Crippen LogP contribution in [0.5, 0.6) is 0 Å². The molecule has 0 bridgehead atoms. The molecule has 1 saturated carbocycles. The van der Waals surface area contributed by atoms with Gasteiger partial charge in [0.05, 0.1) is 26.2 Å². The van der Waals surface area contributed by atoms with Crippen molar-refractivity contribution >= 4 is 11.8 Å². The fourth-order valence-electron chi connectivity index (χ4n) is 3.57. The van der Waals surface area contributed by atoms with Crippen molar-refractivity contribution in [2.75, 3.05) is 26.2 Å². The van der Waals surface area contributed by atoms with Crippen LogP contribution in [-0.2, 0) is 9.59 Å². The zero-order valence-electron chi connectivity index (χ0n) is 13.7. The van der Waals surface area contributed by atoms with Crippen LogP contribution in [0.15, 0.2) is 0 Å². The number of quaternary nitrogens is 1. The molecule has 1 aliphatic carbocycles. The van der Waals surface area contributed by atoms with Crippen molar-refractivity contribution in [2.24, 2.45) is 5.92 Å². The van der Waals surface area contributed by atoms with Crippen LogP contribution in [0, 0.1) is 5.92 Å². The zero-order chi connectivity index (χ0) is 15.4. The summed E-state index contributed by atoms with van der Waals surface area (Å²) < 4.78 is 0. The van der Waals surface area contributed by atoms with Gasteiger partial charge in [-0.3, -0.25) is 9.59 Å². The van der Waals surface area contributed by atoms with Crippen LogP contribution in [0.2, 0.25) is 0 Å². The van der Waals surface area contributed by atoms with Crippen LogP contribution < -0.4 is 10.2 Å². The SMILES string of the molecule is CC(=O)N1CC[NH+]([C@H](C)C(=O)N[C@H]2CCCC[C@H]2C)CC1. The van der Waals surface area contributed by atoms with Crippen LogP contribution in [0.25, 0.3) is 0 Å². The molecule has 1 saturated heterocycles. The number of hydrogen-bond donors (Lipinski definition) is 2. The molecule has 0 aromatic rings. The standard InChI is InChI=1S/C16H29N3O2/c1-12-6-4-5-7-15(12)17-16(21)13(2)18-8-10-19(11-9-18)14(3)20/h12-13,15H,4-11H2,1-3H3,(H,17,21)/p+1/t12-,13-,15+/m1/s1. The summed E-state index contributed by atoms with van der Waals surface area (Å²) in [7, 11) is 0. The van der Waals surface area contributed by atoms with E-state index in [1.165, 1.54) is 24.2 Å². The van der Waals surface area contributed by atoms with E-state index < -0.39 is 0 Å². The van der Waals surface area contributed by atoms with E-state index >= 15 is 0 Å². The van der Waals surface area contributed by atoms with E-state index in [0.29, 0.717) is 12.0 Å². The first-order chi connectivity index (χ1) is 9.99. The first-order valence-electron chi connectivity index (χ1n) is 8.39. The predicted octanol–water partition coefficient (Wildman–Crippen LogP) is -0.183. The molecule has 2 fully saturated rings. The van der Waals surface area contributed by atoms with Crippen molar-refractivity contribution in [3.63, 3.8) is 0 Å². The third-order valence-electron chi connectivity index (χ3n) is 5.30. The summed E-state index contributed by atoms with van der Waals surface area (Å²) >= 11 is 0. The summed E-state index contributed by atoms with van der Waals surface area (Å²) in [5.41, 5.74) is 0. The van der Waals surface area contributed by atoms with Gasteiger partial charge in [0.1, 0.15) is 0 Å². The maximum Gasteiger partial charge on any atom is 0.278 e. The summed E-state index contributed by atoms with van der Waals surface area (Å²) in [4.78, 5) is 27.0. The van der Waals surface area contributed by atoms with Gasteiger partial charge >= 0.3 is 0 Å². The Balaban J connectivity index is 1.81. The molecule has 5 nitrogen and oxygen atoms in total. The Kier molecular flexibility index (Phi) is 5.62. The van der Waals surface area contributed by atoms with Gasteiger partial charge in [0.15, 0.2) is 6.04 Å². The highest BCUT2D eigenvalue weighted by molar-refractivity contribution is 5.80. The Morgan fingerprint density at radius 1 is 1.19 bits per heavy atom. The van der Waals surface area contributed by atoms with Gasteiger partial charge in [-0.05, 0) is 25.7 Å². The Bertz CT molecular complexity index is 378. The maximum absolute atomic E-state index is 12.5. The third-order valence-corrected chi connectivity index (χ3v) is 5.30. The normalized spacial score (nSPS) is 29.0. The number of carbonyl (C=O) groups is 2. The third kappa shape index (κ3) is 4.19. The van der Waals surface area contributed by atoms with Gasteiger partial charge in [0.25, 0.3) is 5.91 Å². The maximum atomic E-state index is 12.5. The Morgan fingerprint density at radius 2 is 1.81 bits per heavy atom. The highest BCUT2D eigenvalue weighted by Gasteiger charge is 2.32. The zero-order valence-corrected chi connectivity index (χ0v) is 13.7. The molecule has 2 aliphatic rings. The quantitative estimate of drug-likeness (QED) is 0.759. The van der Waals surface area contributed by atoms with E-state index in [1.807, 2.05) is 11.8 Å². The number of rotatable bonds is 3. The number of nitrogens with one attached hydrogen (secondary N) is 2. The van der Waals surface area contributed by atoms with E-state index in [2.05, 4.69) is 12.2 Å². The van der Waals surface area contributed by atoms with Gasteiger partial charge in [-0.2, -0.15) is 0 Å². The molecule has 2 N–H and O–H groups in total. The molecule has 5 heteroatoms. The van der Waals surface area contributed by atoms with Gasteiger partial charge in [-0.25, -0.2) is 0 Å². The van der Waals surface area contributed by atoms with Gasteiger partial charge in [0.2, 0.25) is 5.91 Å². The lowest BCUT2D eigenvalue weighted by Gasteiger charge is -2.36. The van der Waals surface area contributed by atoms with Crippen LogP contribution in [0.3, 0.4) is 0 Å². The van der Waals surface area contributed by atoms with E-state index in [-0.39, 0.29) is 17.9 Å². The molecule has 0 aromatic heterocycles. The summed E-state index contributed by atoms with van der Waals surface area (Å²) in [6.45, 7) is 9.15. The van der Waals surface area contributed by atoms with Crippen molar-refractivity contribution in [1.29, 1.82) is 0 Å². The number of hydrogen-bond acceptors (Lipinski definition) is 2. The summed E-state index contributed by atoms with van der Waals surface area (Å²) in [6, 6.07) is 0.333. The van der Waals surface area contributed by atoms with E-state index in [1.54, 1.807) is 6.92 Å². The van der Waals surface area contributed by atoms with Gasteiger partial charge in [-0.1, -0.05) is 19.8 Å². The molecule has 1 aliphatic heterocycles. The summed E-state index contributed by atoms with van der Waals surface area (Å²) in [5, 5.41) is 3.26. The van der Waals surface area contributed by atoms with E-state index in [4.69, 9.17) is 0 Å². The highest BCUT2D eigenvalue weighted by atomic mass is 16.2. The summed E-state index contributed by atoms with van der Waals surface area (Å²) in [5.74, 6) is 0.918.